The summed E-state index contributed by atoms with van der Waals surface area (Å²) < 4.78 is 51.5. The average Bonchev–Trinajstić information content (AvgIpc) is 2.72. The number of halogens is 2. The quantitative estimate of drug-likeness (QED) is 0.495. The van der Waals surface area contributed by atoms with Crippen molar-refractivity contribution in [1.82, 2.24) is 14.9 Å². The number of nitrogens with zero attached hydrogens (tertiary/aromatic N) is 2. The summed E-state index contributed by atoms with van der Waals surface area (Å²) in [6.07, 6.45) is 0. The van der Waals surface area contributed by atoms with Gasteiger partial charge in [-0.1, -0.05) is 15.9 Å². The van der Waals surface area contributed by atoms with Crippen molar-refractivity contribution in [2.75, 3.05) is 20.3 Å². The molecule has 10 heteroatoms. The number of nitrogens with one attached hydrogen (secondary N) is 1. The van der Waals surface area contributed by atoms with Crippen molar-refractivity contribution in [3.63, 3.8) is 0 Å². The molecule has 152 valence electrons. The van der Waals surface area contributed by atoms with Crippen LogP contribution in [0.2, 0.25) is 0 Å². The Morgan fingerprint density at radius 2 is 1.83 bits per heavy atom. The van der Waals surface area contributed by atoms with Gasteiger partial charge in [0.15, 0.2) is 0 Å². The van der Waals surface area contributed by atoms with E-state index in [0.29, 0.717) is 10.2 Å². The van der Waals surface area contributed by atoms with E-state index >= 15 is 0 Å². The van der Waals surface area contributed by atoms with E-state index in [1.54, 1.807) is 36.4 Å². The van der Waals surface area contributed by atoms with Gasteiger partial charge in [-0.15, -0.1) is 10.2 Å². The highest BCUT2D eigenvalue weighted by Crippen LogP contribution is 2.27. The SMILES string of the molecule is COc1ccc(Br)cc1S(=O)(=O)NCCOc1ccc(-c2ccc(F)cc2)nn1. The van der Waals surface area contributed by atoms with Crippen LogP contribution in [0.15, 0.2) is 64.0 Å². The second-order valence-electron chi connectivity index (χ2n) is 5.81. The minimum absolute atomic E-state index is 0.0258. The van der Waals surface area contributed by atoms with Gasteiger partial charge in [0.1, 0.15) is 23.1 Å². The van der Waals surface area contributed by atoms with E-state index in [2.05, 4.69) is 30.8 Å². The highest BCUT2D eigenvalue weighted by Gasteiger charge is 2.19. The third-order valence-electron chi connectivity index (χ3n) is 3.84. The Hall–Kier alpha value is -2.56. The number of methoxy groups -OCH3 is 1. The summed E-state index contributed by atoms with van der Waals surface area (Å²) in [5.74, 6) is 0.156. The van der Waals surface area contributed by atoms with E-state index in [1.165, 1.54) is 25.3 Å². The van der Waals surface area contributed by atoms with Crippen molar-refractivity contribution in [2.45, 2.75) is 4.90 Å². The fourth-order valence-electron chi connectivity index (χ4n) is 2.44. The van der Waals surface area contributed by atoms with Crippen LogP contribution in [0.1, 0.15) is 0 Å². The summed E-state index contributed by atoms with van der Waals surface area (Å²) in [7, 11) is -2.38. The van der Waals surface area contributed by atoms with Crippen LogP contribution in [0.5, 0.6) is 11.6 Å². The highest BCUT2D eigenvalue weighted by molar-refractivity contribution is 9.10. The second kappa shape index (κ2) is 9.29. The zero-order valence-electron chi connectivity index (χ0n) is 15.3. The third-order valence-corrected chi connectivity index (χ3v) is 5.81. The number of aromatic nitrogens is 2. The number of benzene rings is 2. The standard InChI is InChI=1S/C19H17BrFN3O4S/c1-27-17-8-4-14(20)12-18(17)29(25,26)22-10-11-28-19-9-7-16(23-24-19)13-2-5-15(21)6-3-13/h2-9,12,22H,10-11H2,1H3. The molecule has 0 radical (unpaired) electrons. The van der Waals surface area contributed by atoms with Crippen LogP contribution in [0, 0.1) is 5.82 Å². The zero-order valence-corrected chi connectivity index (χ0v) is 17.7. The first-order valence-corrected chi connectivity index (χ1v) is 10.7. The third kappa shape index (κ3) is 5.49. The van der Waals surface area contributed by atoms with Crippen LogP contribution >= 0.6 is 15.9 Å². The molecule has 0 saturated carbocycles. The smallest absolute Gasteiger partial charge is 0.244 e. The summed E-state index contributed by atoms with van der Waals surface area (Å²) in [6.45, 7) is 0.0829. The maximum atomic E-state index is 13.0. The monoisotopic (exact) mass is 481 g/mol. The largest absolute Gasteiger partial charge is 0.495 e. The van der Waals surface area contributed by atoms with Crippen LogP contribution in [0.3, 0.4) is 0 Å². The average molecular weight is 482 g/mol. The van der Waals surface area contributed by atoms with Crippen molar-refractivity contribution in [2.24, 2.45) is 0 Å². The van der Waals surface area contributed by atoms with E-state index in [9.17, 15) is 12.8 Å². The molecule has 7 nitrogen and oxygen atoms in total. The molecule has 0 atom stereocenters. The van der Waals surface area contributed by atoms with Crippen LogP contribution in [-0.2, 0) is 10.0 Å². The number of rotatable bonds is 8. The van der Waals surface area contributed by atoms with Crippen molar-refractivity contribution < 1.29 is 22.3 Å². The highest BCUT2D eigenvalue weighted by atomic mass is 79.9. The summed E-state index contributed by atoms with van der Waals surface area (Å²) in [5, 5.41) is 7.97. The van der Waals surface area contributed by atoms with E-state index in [1.807, 2.05) is 0 Å². The predicted octanol–water partition coefficient (Wildman–Crippen LogP) is 3.41. The molecular weight excluding hydrogens is 465 g/mol. The van der Waals surface area contributed by atoms with Crippen LogP contribution < -0.4 is 14.2 Å². The molecule has 0 aliphatic rings. The molecule has 0 unspecified atom stereocenters. The van der Waals surface area contributed by atoms with E-state index in [4.69, 9.17) is 9.47 Å². The van der Waals surface area contributed by atoms with Crippen LogP contribution in [0.25, 0.3) is 11.3 Å². The van der Waals surface area contributed by atoms with Crippen molar-refractivity contribution in [1.29, 1.82) is 0 Å². The Labute approximate surface area is 176 Å². The topological polar surface area (TPSA) is 90.4 Å². The molecule has 1 heterocycles. The normalized spacial score (nSPS) is 11.3. The van der Waals surface area contributed by atoms with Gasteiger partial charge in [0.2, 0.25) is 15.9 Å². The van der Waals surface area contributed by atoms with Gasteiger partial charge in [-0.05, 0) is 48.5 Å². The first-order chi connectivity index (χ1) is 13.9. The molecular formula is C19H17BrFN3O4S. The number of sulfonamides is 1. The summed E-state index contributed by atoms with van der Waals surface area (Å²) in [5.41, 5.74) is 1.29. The fourth-order valence-corrected chi connectivity index (χ4v) is 4.16. The molecule has 0 aliphatic heterocycles. The van der Waals surface area contributed by atoms with Gasteiger partial charge in [0.25, 0.3) is 0 Å². The minimum atomic E-state index is -3.78. The number of hydrogen-bond donors (Lipinski definition) is 1. The lowest BCUT2D eigenvalue weighted by molar-refractivity contribution is 0.307. The molecule has 0 aliphatic carbocycles. The lowest BCUT2D eigenvalue weighted by atomic mass is 10.1. The van der Waals surface area contributed by atoms with Gasteiger partial charge in [-0.2, -0.15) is 0 Å². The molecule has 0 bridgehead atoms. The van der Waals surface area contributed by atoms with E-state index in [-0.39, 0.29) is 35.5 Å². The molecule has 3 aromatic rings. The molecule has 0 spiro atoms. The first kappa shape index (κ1) is 21.2. The molecule has 3 rings (SSSR count). The van der Waals surface area contributed by atoms with E-state index < -0.39 is 10.0 Å². The molecule has 0 amide bonds. The van der Waals surface area contributed by atoms with Gasteiger partial charge in [0.05, 0.1) is 12.8 Å². The lowest BCUT2D eigenvalue weighted by Crippen LogP contribution is -2.28. The zero-order chi connectivity index (χ0) is 20.9. The van der Waals surface area contributed by atoms with Gasteiger partial charge < -0.3 is 9.47 Å². The lowest BCUT2D eigenvalue weighted by Gasteiger charge is -2.11. The molecule has 1 aromatic heterocycles. The van der Waals surface area contributed by atoms with Gasteiger partial charge in [-0.3, -0.25) is 0 Å². The first-order valence-electron chi connectivity index (χ1n) is 8.45. The fraction of sp³-hybridized carbons (Fsp3) is 0.158. The Balaban J connectivity index is 1.56. The second-order valence-corrected chi connectivity index (χ2v) is 8.46. The van der Waals surface area contributed by atoms with Crippen LogP contribution in [0.4, 0.5) is 4.39 Å². The molecule has 0 saturated heterocycles. The van der Waals surface area contributed by atoms with Crippen molar-refractivity contribution in [3.8, 4) is 22.9 Å². The van der Waals surface area contributed by atoms with Crippen molar-refractivity contribution in [3.05, 3.63) is 64.9 Å². The van der Waals surface area contributed by atoms with Gasteiger partial charge in [0, 0.05) is 22.6 Å². The Bertz CT molecular complexity index is 1080. The van der Waals surface area contributed by atoms with Gasteiger partial charge >= 0.3 is 0 Å². The van der Waals surface area contributed by atoms with Crippen LogP contribution in [-0.4, -0.2) is 38.9 Å². The summed E-state index contributed by atoms with van der Waals surface area (Å²) >= 11 is 3.25. The summed E-state index contributed by atoms with van der Waals surface area (Å²) in [6, 6.07) is 13.9. The Kier molecular flexibility index (Phi) is 6.78. The number of hydrogen-bond acceptors (Lipinski definition) is 6. The Morgan fingerprint density at radius 1 is 1.07 bits per heavy atom. The van der Waals surface area contributed by atoms with Gasteiger partial charge in [-0.25, -0.2) is 17.5 Å². The maximum absolute atomic E-state index is 13.0. The molecule has 0 fully saturated rings. The summed E-state index contributed by atoms with van der Waals surface area (Å²) in [4.78, 5) is 0.0258. The predicted molar refractivity (Wildman–Crippen MR) is 109 cm³/mol. The maximum Gasteiger partial charge on any atom is 0.244 e. The Morgan fingerprint density at radius 3 is 2.48 bits per heavy atom. The number of ether oxygens (including phenoxy) is 2. The van der Waals surface area contributed by atoms with Crippen molar-refractivity contribution >= 4 is 26.0 Å². The van der Waals surface area contributed by atoms with E-state index in [0.717, 1.165) is 5.56 Å². The molecule has 1 N–H and O–H groups in total. The molecule has 2 aromatic carbocycles. The minimum Gasteiger partial charge on any atom is -0.495 e. The molecule has 29 heavy (non-hydrogen) atoms.